The van der Waals surface area contributed by atoms with Gasteiger partial charge in [0.25, 0.3) is 0 Å². The molecule has 1 heterocycles. The van der Waals surface area contributed by atoms with Crippen molar-refractivity contribution in [1.29, 1.82) is 0 Å². The summed E-state index contributed by atoms with van der Waals surface area (Å²) in [5, 5.41) is 13.1. The number of carbonyl (C=O) groups is 1. The van der Waals surface area contributed by atoms with Gasteiger partial charge in [0.15, 0.2) is 0 Å². The molecule has 1 aromatic carbocycles. The lowest BCUT2D eigenvalue weighted by Crippen LogP contribution is -2.32. The van der Waals surface area contributed by atoms with E-state index in [1.54, 1.807) is 12.1 Å². The van der Waals surface area contributed by atoms with E-state index in [4.69, 9.17) is 10.2 Å². The fourth-order valence-corrected chi connectivity index (χ4v) is 2.85. The van der Waals surface area contributed by atoms with Gasteiger partial charge in [-0.1, -0.05) is 12.1 Å². The molecule has 1 saturated heterocycles. The first kappa shape index (κ1) is 14.0. The van der Waals surface area contributed by atoms with E-state index in [0.29, 0.717) is 12.1 Å². The number of amides is 1. The predicted molar refractivity (Wildman–Crippen MR) is 71.1 cm³/mol. The molecule has 6 nitrogen and oxygen atoms in total. The molecule has 0 aromatic heterocycles. The summed E-state index contributed by atoms with van der Waals surface area (Å²) >= 11 is 0. The maximum absolute atomic E-state index is 11.8. The van der Waals surface area contributed by atoms with Crippen LogP contribution in [0.2, 0.25) is 0 Å². The zero-order valence-electron chi connectivity index (χ0n) is 10.3. The largest absolute Gasteiger partial charge is 0.396 e. The Hall–Kier alpha value is -1.44. The van der Waals surface area contributed by atoms with Crippen LogP contribution < -0.4 is 10.0 Å². The second kappa shape index (κ2) is 5.28. The number of sulfonamides is 1. The van der Waals surface area contributed by atoms with E-state index < -0.39 is 15.3 Å². The molecule has 0 spiro atoms. The number of nitrogens with two attached hydrogens (primary N) is 1. The van der Waals surface area contributed by atoms with E-state index in [0.717, 1.165) is 5.56 Å². The second-order valence-corrected chi connectivity index (χ2v) is 6.40. The van der Waals surface area contributed by atoms with E-state index in [-0.39, 0.29) is 25.5 Å². The Morgan fingerprint density at radius 1 is 1.32 bits per heavy atom. The second-order valence-electron chi connectivity index (χ2n) is 4.56. The minimum Gasteiger partial charge on any atom is -0.396 e. The molecule has 104 valence electrons. The van der Waals surface area contributed by atoms with Gasteiger partial charge in [-0.2, -0.15) is 0 Å². The minimum atomic E-state index is -3.69. The molecular weight excluding hydrogens is 268 g/mol. The maximum Gasteiger partial charge on any atom is 0.228 e. The van der Waals surface area contributed by atoms with Crippen LogP contribution >= 0.6 is 0 Å². The van der Waals surface area contributed by atoms with E-state index in [9.17, 15) is 13.2 Å². The van der Waals surface area contributed by atoms with E-state index in [1.165, 1.54) is 4.90 Å². The van der Waals surface area contributed by atoms with Crippen molar-refractivity contribution in [3.8, 4) is 0 Å². The van der Waals surface area contributed by atoms with Crippen molar-refractivity contribution in [2.24, 2.45) is 5.14 Å². The van der Waals surface area contributed by atoms with Crippen LogP contribution in [0.1, 0.15) is 12.0 Å². The molecule has 0 saturated carbocycles. The summed E-state index contributed by atoms with van der Waals surface area (Å²) in [7, 11) is -3.69. The molecule has 1 aliphatic heterocycles. The van der Waals surface area contributed by atoms with Gasteiger partial charge in [-0.3, -0.25) is 4.79 Å². The van der Waals surface area contributed by atoms with Gasteiger partial charge in [0.1, 0.15) is 5.25 Å². The third-order valence-corrected chi connectivity index (χ3v) is 4.45. The molecule has 1 fully saturated rings. The Morgan fingerprint density at radius 3 is 2.42 bits per heavy atom. The Balaban J connectivity index is 2.16. The monoisotopic (exact) mass is 284 g/mol. The Morgan fingerprint density at radius 2 is 1.95 bits per heavy atom. The van der Waals surface area contributed by atoms with Crippen LogP contribution in [-0.4, -0.2) is 37.8 Å². The van der Waals surface area contributed by atoms with Gasteiger partial charge in [-0.25, -0.2) is 13.6 Å². The first-order valence-electron chi connectivity index (χ1n) is 5.93. The summed E-state index contributed by atoms with van der Waals surface area (Å²) < 4.78 is 22.5. The number of hydrogen-bond acceptors (Lipinski definition) is 4. The molecule has 2 rings (SSSR count). The van der Waals surface area contributed by atoms with E-state index >= 15 is 0 Å². The molecule has 0 aliphatic carbocycles. The first-order chi connectivity index (χ1) is 8.91. The van der Waals surface area contributed by atoms with Gasteiger partial charge < -0.3 is 10.0 Å². The average Bonchev–Trinajstić information content (AvgIpc) is 2.73. The Bertz CT molecular complexity index is 568. The summed E-state index contributed by atoms with van der Waals surface area (Å²) in [6, 6.07) is 7.11. The SMILES string of the molecule is NS(=O)(=O)C1CC(=O)N(c2ccc(CCO)cc2)C1. The number of anilines is 1. The number of rotatable bonds is 4. The highest BCUT2D eigenvalue weighted by Gasteiger charge is 2.37. The summed E-state index contributed by atoms with van der Waals surface area (Å²) in [5.41, 5.74) is 1.61. The highest BCUT2D eigenvalue weighted by molar-refractivity contribution is 7.89. The van der Waals surface area contributed by atoms with Crippen molar-refractivity contribution in [2.75, 3.05) is 18.1 Å². The zero-order valence-corrected chi connectivity index (χ0v) is 11.1. The maximum atomic E-state index is 11.8. The van der Waals surface area contributed by atoms with Crippen molar-refractivity contribution in [3.63, 3.8) is 0 Å². The molecule has 0 bridgehead atoms. The molecule has 7 heteroatoms. The lowest BCUT2D eigenvalue weighted by molar-refractivity contribution is -0.117. The molecule has 19 heavy (non-hydrogen) atoms. The van der Waals surface area contributed by atoms with Gasteiger partial charge >= 0.3 is 0 Å². The fraction of sp³-hybridized carbons (Fsp3) is 0.417. The van der Waals surface area contributed by atoms with Gasteiger partial charge in [0, 0.05) is 25.3 Å². The highest BCUT2D eigenvalue weighted by atomic mass is 32.2. The zero-order chi connectivity index (χ0) is 14.0. The van der Waals surface area contributed by atoms with Gasteiger partial charge in [0.05, 0.1) is 0 Å². The molecule has 0 radical (unpaired) electrons. The van der Waals surface area contributed by atoms with Crippen molar-refractivity contribution in [2.45, 2.75) is 18.1 Å². The third-order valence-electron chi connectivity index (χ3n) is 3.20. The fourth-order valence-electron chi connectivity index (χ4n) is 2.12. The van der Waals surface area contributed by atoms with Crippen LogP contribution in [0, 0.1) is 0 Å². The summed E-state index contributed by atoms with van der Waals surface area (Å²) in [6.07, 6.45) is 0.477. The van der Waals surface area contributed by atoms with Crippen LogP contribution in [0.15, 0.2) is 24.3 Å². The first-order valence-corrected chi connectivity index (χ1v) is 7.54. The number of nitrogens with zero attached hydrogens (tertiary/aromatic N) is 1. The minimum absolute atomic E-state index is 0.0650. The van der Waals surface area contributed by atoms with Gasteiger partial charge in [-0.15, -0.1) is 0 Å². The van der Waals surface area contributed by atoms with E-state index in [1.807, 2.05) is 12.1 Å². The number of hydrogen-bond donors (Lipinski definition) is 2. The smallest absolute Gasteiger partial charge is 0.228 e. The summed E-state index contributed by atoms with van der Waals surface area (Å²) in [5.74, 6) is -0.242. The van der Waals surface area contributed by atoms with Crippen molar-refractivity contribution >= 4 is 21.6 Å². The Labute approximate surface area is 111 Å². The normalized spacial score (nSPS) is 20.0. The standard InChI is InChI=1S/C12H16N2O4S/c13-19(17,18)11-7-12(16)14(8-11)10-3-1-9(2-4-10)5-6-15/h1-4,11,15H,5-8H2,(H2,13,17,18). The molecule has 1 unspecified atom stereocenters. The molecule has 1 aliphatic rings. The van der Waals surface area contributed by atoms with Crippen LogP contribution in [0.4, 0.5) is 5.69 Å². The molecule has 1 atom stereocenters. The predicted octanol–water partition coefficient (Wildman–Crippen LogP) is -0.385. The third kappa shape index (κ3) is 3.12. The van der Waals surface area contributed by atoms with Crippen molar-refractivity contribution in [1.82, 2.24) is 0 Å². The van der Waals surface area contributed by atoms with Crippen molar-refractivity contribution < 1.29 is 18.3 Å². The number of benzene rings is 1. The lowest BCUT2D eigenvalue weighted by atomic mass is 10.1. The molecule has 3 N–H and O–H groups in total. The van der Waals surface area contributed by atoms with Crippen molar-refractivity contribution in [3.05, 3.63) is 29.8 Å². The number of carbonyl (C=O) groups excluding carboxylic acids is 1. The molecule has 1 aromatic rings. The van der Waals surface area contributed by atoms with Crippen LogP contribution in [0.3, 0.4) is 0 Å². The number of primary sulfonamides is 1. The van der Waals surface area contributed by atoms with Crippen LogP contribution in [0.5, 0.6) is 0 Å². The van der Waals surface area contributed by atoms with E-state index in [2.05, 4.69) is 0 Å². The Kier molecular flexibility index (Phi) is 3.88. The number of aliphatic hydroxyl groups is 1. The summed E-state index contributed by atoms with van der Waals surface area (Å²) in [4.78, 5) is 13.2. The quantitative estimate of drug-likeness (QED) is 0.786. The molecular formula is C12H16N2O4S. The lowest BCUT2D eigenvalue weighted by Gasteiger charge is -2.16. The van der Waals surface area contributed by atoms with Crippen LogP contribution in [-0.2, 0) is 21.2 Å². The molecule has 1 amide bonds. The van der Waals surface area contributed by atoms with Crippen LogP contribution in [0.25, 0.3) is 0 Å². The summed E-state index contributed by atoms with van der Waals surface area (Å²) in [6.45, 7) is 0.159. The van der Waals surface area contributed by atoms with Gasteiger partial charge in [-0.05, 0) is 24.1 Å². The van der Waals surface area contributed by atoms with Gasteiger partial charge in [0.2, 0.25) is 15.9 Å². The topological polar surface area (TPSA) is 101 Å². The number of aliphatic hydroxyl groups excluding tert-OH is 1. The average molecular weight is 284 g/mol. The highest BCUT2D eigenvalue weighted by Crippen LogP contribution is 2.24.